The number of carbonyl (C=O) groups excluding carboxylic acids is 2. The molecule has 1 saturated carbocycles. The summed E-state index contributed by atoms with van der Waals surface area (Å²) in [5.41, 5.74) is 0.411. The molecule has 1 N–H and O–H groups in total. The largest absolute Gasteiger partial charge is 0.378 e. The topological polar surface area (TPSA) is 64.6 Å². The van der Waals surface area contributed by atoms with Crippen LogP contribution in [0.15, 0.2) is 11.6 Å². The van der Waals surface area contributed by atoms with Gasteiger partial charge in [-0.05, 0) is 19.8 Å². The van der Waals surface area contributed by atoms with Crippen LogP contribution in [0.4, 0.5) is 0 Å². The van der Waals surface area contributed by atoms with Crippen LogP contribution < -0.4 is 5.32 Å². The molecule has 2 rings (SSSR count). The van der Waals surface area contributed by atoms with Gasteiger partial charge >= 0.3 is 0 Å². The van der Waals surface area contributed by atoms with Gasteiger partial charge in [-0.1, -0.05) is 12.8 Å². The van der Waals surface area contributed by atoms with Gasteiger partial charge in [0.05, 0.1) is 19.3 Å². The van der Waals surface area contributed by atoms with Crippen LogP contribution in [0.3, 0.4) is 0 Å². The monoisotopic (exact) mass is 267 g/mol. The molecule has 0 bridgehead atoms. The molecule has 1 aliphatic heterocycles. The Labute approximate surface area is 113 Å². The van der Waals surface area contributed by atoms with Gasteiger partial charge in [0.25, 0.3) is 11.8 Å². The summed E-state index contributed by atoms with van der Waals surface area (Å²) in [4.78, 5) is 22.3. The van der Waals surface area contributed by atoms with E-state index in [1.165, 1.54) is 18.9 Å². The Balaban J connectivity index is 1.76. The van der Waals surface area contributed by atoms with E-state index in [1.807, 2.05) is 6.92 Å². The van der Waals surface area contributed by atoms with Crippen LogP contribution in [-0.2, 0) is 19.1 Å². The minimum Gasteiger partial charge on any atom is -0.378 e. The molecule has 106 valence electrons. The van der Waals surface area contributed by atoms with E-state index in [1.54, 1.807) is 0 Å². The highest BCUT2D eigenvalue weighted by Crippen LogP contribution is 2.27. The first-order chi connectivity index (χ1) is 9.20. The number of ether oxygens (including phenoxy) is 2. The second kappa shape index (κ2) is 6.82. The highest BCUT2D eigenvalue weighted by molar-refractivity contribution is 6.16. The number of carbonyl (C=O) groups is 2. The molecule has 2 amide bonds. The molecule has 0 radical (unpaired) electrons. The van der Waals surface area contributed by atoms with Crippen LogP contribution in [-0.4, -0.2) is 37.7 Å². The summed E-state index contributed by atoms with van der Waals surface area (Å²) in [6, 6.07) is 0. The molecule has 0 aromatic rings. The molecule has 1 unspecified atom stereocenters. The maximum Gasteiger partial charge on any atom is 0.256 e. The molecular formula is C14H21NO4. The van der Waals surface area contributed by atoms with E-state index < -0.39 is 0 Å². The summed E-state index contributed by atoms with van der Waals surface area (Å²) in [6.45, 7) is 3.52. The summed E-state index contributed by atoms with van der Waals surface area (Å²) in [5, 5.41) is 2.21. The van der Waals surface area contributed by atoms with Crippen LogP contribution in [0, 0.1) is 5.92 Å². The van der Waals surface area contributed by atoms with Crippen molar-refractivity contribution in [3.63, 3.8) is 0 Å². The lowest BCUT2D eigenvalue weighted by Gasteiger charge is -2.31. The summed E-state index contributed by atoms with van der Waals surface area (Å²) >= 11 is 0. The van der Waals surface area contributed by atoms with Gasteiger partial charge < -0.3 is 9.47 Å². The van der Waals surface area contributed by atoms with Crippen molar-refractivity contribution in [1.29, 1.82) is 0 Å². The predicted molar refractivity (Wildman–Crippen MR) is 69.4 cm³/mol. The number of rotatable bonds is 6. The first kappa shape index (κ1) is 14.2. The van der Waals surface area contributed by atoms with Gasteiger partial charge in [0.15, 0.2) is 0 Å². The third kappa shape index (κ3) is 3.88. The average molecular weight is 267 g/mol. The maximum absolute atomic E-state index is 11.3. The van der Waals surface area contributed by atoms with Gasteiger partial charge in [-0.25, -0.2) is 0 Å². The standard InChI is InChI=1S/C14H21NO4/c1-2-19-12-6-4-3-5-10(12)8-18-9-11-7-13(16)15-14(11)17/h7,10,12H,2-6,8-9H2,1H3,(H,15,16,17)/t10-,12?/m0/s1. The highest BCUT2D eigenvalue weighted by atomic mass is 16.5. The Morgan fingerprint density at radius 2 is 2.11 bits per heavy atom. The third-order valence-corrected chi connectivity index (χ3v) is 3.64. The van der Waals surface area contributed by atoms with E-state index in [0.717, 1.165) is 19.4 Å². The lowest BCUT2D eigenvalue weighted by molar-refractivity contribution is -0.124. The summed E-state index contributed by atoms with van der Waals surface area (Å²) in [6.07, 6.45) is 6.19. The van der Waals surface area contributed by atoms with Crippen LogP contribution in [0.5, 0.6) is 0 Å². The number of imide groups is 1. The van der Waals surface area contributed by atoms with Gasteiger partial charge in [0.1, 0.15) is 0 Å². The van der Waals surface area contributed by atoms with Gasteiger partial charge in [-0.3, -0.25) is 14.9 Å². The van der Waals surface area contributed by atoms with E-state index in [4.69, 9.17) is 9.47 Å². The zero-order valence-corrected chi connectivity index (χ0v) is 11.3. The predicted octanol–water partition coefficient (Wildman–Crippen LogP) is 1.18. The molecule has 1 heterocycles. The zero-order chi connectivity index (χ0) is 13.7. The smallest absolute Gasteiger partial charge is 0.256 e. The van der Waals surface area contributed by atoms with E-state index in [-0.39, 0.29) is 24.5 Å². The third-order valence-electron chi connectivity index (χ3n) is 3.64. The molecule has 19 heavy (non-hydrogen) atoms. The normalized spacial score (nSPS) is 27.3. The Bertz CT molecular complexity index is 376. The number of nitrogens with one attached hydrogen (secondary N) is 1. The molecule has 1 fully saturated rings. The quantitative estimate of drug-likeness (QED) is 0.734. The fraction of sp³-hybridized carbons (Fsp3) is 0.714. The fourth-order valence-electron chi connectivity index (χ4n) is 2.68. The molecule has 0 spiro atoms. The van der Waals surface area contributed by atoms with Gasteiger partial charge in [0, 0.05) is 24.2 Å². The summed E-state index contributed by atoms with van der Waals surface area (Å²) in [7, 11) is 0. The van der Waals surface area contributed by atoms with Crippen molar-refractivity contribution in [2.24, 2.45) is 5.92 Å². The molecule has 5 nitrogen and oxygen atoms in total. The van der Waals surface area contributed by atoms with E-state index in [9.17, 15) is 9.59 Å². The minimum atomic E-state index is -0.353. The lowest BCUT2D eigenvalue weighted by atomic mass is 9.87. The molecule has 2 atom stereocenters. The van der Waals surface area contributed by atoms with Gasteiger partial charge in [0.2, 0.25) is 0 Å². The van der Waals surface area contributed by atoms with Crippen LogP contribution in [0.2, 0.25) is 0 Å². The minimum absolute atomic E-state index is 0.201. The molecular weight excluding hydrogens is 246 g/mol. The highest BCUT2D eigenvalue weighted by Gasteiger charge is 2.26. The molecule has 0 saturated heterocycles. The van der Waals surface area contributed by atoms with Crippen LogP contribution >= 0.6 is 0 Å². The van der Waals surface area contributed by atoms with Crippen molar-refractivity contribution < 1.29 is 19.1 Å². The van der Waals surface area contributed by atoms with Crippen molar-refractivity contribution in [1.82, 2.24) is 5.32 Å². The second-order valence-electron chi connectivity index (χ2n) is 5.04. The Kier molecular flexibility index (Phi) is 5.10. The van der Waals surface area contributed by atoms with E-state index >= 15 is 0 Å². The Morgan fingerprint density at radius 1 is 1.32 bits per heavy atom. The number of hydrogen-bond acceptors (Lipinski definition) is 4. The molecule has 1 aliphatic carbocycles. The number of amides is 2. The van der Waals surface area contributed by atoms with E-state index in [0.29, 0.717) is 18.1 Å². The molecule has 0 aromatic heterocycles. The van der Waals surface area contributed by atoms with Crippen molar-refractivity contribution in [2.75, 3.05) is 19.8 Å². The Morgan fingerprint density at radius 3 is 2.79 bits per heavy atom. The first-order valence-corrected chi connectivity index (χ1v) is 6.96. The second-order valence-corrected chi connectivity index (χ2v) is 5.04. The van der Waals surface area contributed by atoms with Crippen LogP contribution in [0.1, 0.15) is 32.6 Å². The van der Waals surface area contributed by atoms with Gasteiger partial charge in [-0.15, -0.1) is 0 Å². The first-order valence-electron chi connectivity index (χ1n) is 6.96. The number of hydrogen-bond donors (Lipinski definition) is 1. The van der Waals surface area contributed by atoms with Crippen molar-refractivity contribution >= 4 is 11.8 Å². The zero-order valence-electron chi connectivity index (χ0n) is 11.3. The molecule has 0 aromatic carbocycles. The summed E-state index contributed by atoms with van der Waals surface area (Å²) in [5.74, 6) is -0.294. The lowest BCUT2D eigenvalue weighted by Crippen LogP contribution is -2.31. The summed E-state index contributed by atoms with van der Waals surface area (Å²) < 4.78 is 11.3. The maximum atomic E-state index is 11.3. The SMILES string of the molecule is CCOC1CCCC[C@H]1COCC1=CC(=O)NC1=O. The fourth-order valence-corrected chi connectivity index (χ4v) is 2.68. The van der Waals surface area contributed by atoms with Crippen molar-refractivity contribution in [2.45, 2.75) is 38.7 Å². The van der Waals surface area contributed by atoms with E-state index in [2.05, 4.69) is 5.32 Å². The molecule has 2 aliphatic rings. The average Bonchev–Trinajstić information content (AvgIpc) is 2.70. The van der Waals surface area contributed by atoms with Crippen molar-refractivity contribution in [3.05, 3.63) is 11.6 Å². The van der Waals surface area contributed by atoms with Gasteiger partial charge in [-0.2, -0.15) is 0 Å². The van der Waals surface area contributed by atoms with Crippen LogP contribution in [0.25, 0.3) is 0 Å². The van der Waals surface area contributed by atoms with Crippen molar-refractivity contribution in [3.8, 4) is 0 Å². The molecule has 5 heteroatoms. The Hall–Kier alpha value is -1.20.